The van der Waals surface area contributed by atoms with Gasteiger partial charge in [0.25, 0.3) is 5.91 Å². The van der Waals surface area contributed by atoms with E-state index >= 15 is 0 Å². The Morgan fingerprint density at radius 2 is 2.18 bits per heavy atom. The van der Waals surface area contributed by atoms with Crippen LogP contribution in [0.2, 0.25) is 5.02 Å². The molecule has 1 heterocycles. The molecule has 0 aliphatic heterocycles. The summed E-state index contributed by atoms with van der Waals surface area (Å²) in [5.41, 5.74) is 0.279. The van der Waals surface area contributed by atoms with E-state index in [2.05, 4.69) is 22.5 Å². The topological polar surface area (TPSA) is 54.0 Å². The van der Waals surface area contributed by atoms with Crippen molar-refractivity contribution in [2.24, 2.45) is 0 Å². The molecule has 5 heteroatoms. The standard InChI is InChI=1S/C12H18ClN3O/c1-3-5-8-15-12(17)11-9(13)6-7-10(16-11)14-4-2/h6-7H,3-5,8H2,1-2H3,(H,14,16)(H,15,17). The van der Waals surface area contributed by atoms with E-state index in [1.54, 1.807) is 12.1 Å². The number of nitrogens with one attached hydrogen (secondary N) is 2. The van der Waals surface area contributed by atoms with Gasteiger partial charge in [0.05, 0.1) is 5.02 Å². The summed E-state index contributed by atoms with van der Waals surface area (Å²) < 4.78 is 0. The fourth-order valence-corrected chi connectivity index (χ4v) is 1.53. The maximum atomic E-state index is 11.8. The lowest BCUT2D eigenvalue weighted by atomic mass is 10.3. The lowest BCUT2D eigenvalue weighted by molar-refractivity contribution is 0.0948. The summed E-state index contributed by atoms with van der Waals surface area (Å²) in [4.78, 5) is 16.0. The minimum absolute atomic E-state index is 0.219. The molecule has 0 spiro atoms. The molecule has 1 aromatic heterocycles. The number of aromatic nitrogens is 1. The SMILES string of the molecule is CCCCNC(=O)c1nc(NCC)ccc1Cl. The highest BCUT2D eigenvalue weighted by Gasteiger charge is 2.12. The zero-order valence-electron chi connectivity index (χ0n) is 10.2. The molecule has 0 bridgehead atoms. The van der Waals surface area contributed by atoms with Crippen LogP contribution in [0.25, 0.3) is 0 Å². The van der Waals surface area contributed by atoms with E-state index in [-0.39, 0.29) is 11.6 Å². The molecule has 4 nitrogen and oxygen atoms in total. The maximum Gasteiger partial charge on any atom is 0.271 e. The van der Waals surface area contributed by atoms with Gasteiger partial charge in [-0.15, -0.1) is 0 Å². The molecule has 0 aliphatic rings. The fraction of sp³-hybridized carbons (Fsp3) is 0.500. The van der Waals surface area contributed by atoms with E-state index in [0.717, 1.165) is 19.4 Å². The van der Waals surface area contributed by atoms with Gasteiger partial charge in [-0.3, -0.25) is 4.79 Å². The number of halogens is 1. The van der Waals surface area contributed by atoms with Crippen molar-refractivity contribution in [2.45, 2.75) is 26.7 Å². The van der Waals surface area contributed by atoms with E-state index in [9.17, 15) is 4.79 Å². The monoisotopic (exact) mass is 255 g/mol. The second kappa shape index (κ2) is 7.12. The highest BCUT2D eigenvalue weighted by Crippen LogP contribution is 2.16. The third kappa shape index (κ3) is 4.23. The molecular formula is C12H18ClN3O. The first-order chi connectivity index (χ1) is 8.19. The van der Waals surface area contributed by atoms with Crippen LogP contribution in [0.1, 0.15) is 37.2 Å². The Balaban J connectivity index is 2.73. The normalized spacial score (nSPS) is 10.1. The Morgan fingerprint density at radius 1 is 1.41 bits per heavy atom. The Labute approximate surface area is 107 Å². The zero-order valence-corrected chi connectivity index (χ0v) is 11.0. The second-order valence-corrected chi connectivity index (χ2v) is 4.07. The Kier molecular flexibility index (Phi) is 5.77. The molecule has 2 N–H and O–H groups in total. The Hall–Kier alpha value is -1.29. The van der Waals surface area contributed by atoms with Crippen LogP contribution in [0.3, 0.4) is 0 Å². The van der Waals surface area contributed by atoms with Crippen LogP contribution in [0.4, 0.5) is 5.82 Å². The molecule has 17 heavy (non-hydrogen) atoms. The van der Waals surface area contributed by atoms with Gasteiger partial charge in [0.15, 0.2) is 0 Å². The van der Waals surface area contributed by atoms with Gasteiger partial charge >= 0.3 is 0 Å². The summed E-state index contributed by atoms with van der Waals surface area (Å²) in [6.07, 6.45) is 2.00. The molecule has 0 fully saturated rings. The van der Waals surface area contributed by atoms with Crippen molar-refractivity contribution in [1.82, 2.24) is 10.3 Å². The largest absolute Gasteiger partial charge is 0.370 e. The number of carbonyl (C=O) groups is 1. The molecule has 0 unspecified atom stereocenters. The molecule has 0 aromatic carbocycles. The molecule has 0 aliphatic carbocycles. The highest BCUT2D eigenvalue weighted by molar-refractivity contribution is 6.33. The van der Waals surface area contributed by atoms with Gasteiger partial charge in [-0.1, -0.05) is 24.9 Å². The number of amides is 1. The van der Waals surface area contributed by atoms with Crippen molar-refractivity contribution >= 4 is 23.3 Å². The third-order valence-electron chi connectivity index (χ3n) is 2.23. The van der Waals surface area contributed by atoms with Crippen LogP contribution < -0.4 is 10.6 Å². The molecule has 1 rings (SSSR count). The molecule has 0 saturated carbocycles. The molecule has 0 radical (unpaired) electrons. The summed E-state index contributed by atoms with van der Waals surface area (Å²) >= 11 is 5.95. The number of unbranched alkanes of at least 4 members (excludes halogenated alkanes) is 1. The first kappa shape index (κ1) is 13.8. The number of pyridine rings is 1. The van der Waals surface area contributed by atoms with Crippen LogP contribution in [-0.2, 0) is 0 Å². The molecule has 94 valence electrons. The van der Waals surface area contributed by atoms with Gasteiger partial charge < -0.3 is 10.6 Å². The third-order valence-corrected chi connectivity index (χ3v) is 2.54. The lowest BCUT2D eigenvalue weighted by Crippen LogP contribution is -2.25. The van der Waals surface area contributed by atoms with Gasteiger partial charge in [-0.25, -0.2) is 4.98 Å². The Bertz CT molecular complexity index is 382. The van der Waals surface area contributed by atoms with E-state index < -0.39 is 0 Å². The van der Waals surface area contributed by atoms with Crippen molar-refractivity contribution in [3.05, 3.63) is 22.8 Å². The summed E-state index contributed by atoms with van der Waals surface area (Å²) in [6, 6.07) is 3.44. The van der Waals surface area contributed by atoms with Crippen LogP contribution in [0.15, 0.2) is 12.1 Å². The lowest BCUT2D eigenvalue weighted by Gasteiger charge is -2.08. The summed E-state index contributed by atoms with van der Waals surface area (Å²) in [7, 11) is 0. The average Bonchev–Trinajstić information content (AvgIpc) is 2.32. The van der Waals surface area contributed by atoms with Crippen LogP contribution in [-0.4, -0.2) is 24.0 Å². The van der Waals surface area contributed by atoms with Crippen molar-refractivity contribution in [2.75, 3.05) is 18.4 Å². The van der Waals surface area contributed by atoms with Gasteiger partial charge in [0, 0.05) is 13.1 Å². The van der Waals surface area contributed by atoms with Crippen molar-refractivity contribution < 1.29 is 4.79 Å². The fourth-order valence-electron chi connectivity index (χ4n) is 1.34. The number of hydrogen-bond donors (Lipinski definition) is 2. The summed E-state index contributed by atoms with van der Waals surface area (Å²) in [6.45, 7) is 5.45. The van der Waals surface area contributed by atoms with Gasteiger partial charge in [-0.05, 0) is 25.5 Å². The number of nitrogens with zero attached hydrogens (tertiary/aromatic N) is 1. The molecule has 0 saturated heterocycles. The van der Waals surface area contributed by atoms with Crippen molar-refractivity contribution in [3.63, 3.8) is 0 Å². The second-order valence-electron chi connectivity index (χ2n) is 3.67. The smallest absolute Gasteiger partial charge is 0.271 e. The van der Waals surface area contributed by atoms with Gasteiger partial charge in [0.2, 0.25) is 0 Å². The zero-order chi connectivity index (χ0) is 12.7. The predicted molar refractivity (Wildman–Crippen MR) is 70.7 cm³/mol. The van der Waals surface area contributed by atoms with E-state index in [1.165, 1.54) is 0 Å². The molecule has 0 atom stereocenters. The number of carbonyl (C=O) groups excluding carboxylic acids is 1. The van der Waals surface area contributed by atoms with Crippen LogP contribution >= 0.6 is 11.6 Å². The highest BCUT2D eigenvalue weighted by atomic mass is 35.5. The van der Waals surface area contributed by atoms with Gasteiger partial charge in [0.1, 0.15) is 11.5 Å². The van der Waals surface area contributed by atoms with E-state index in [1.807, 2.05) is 6.92 Å². The van der Waals surface area contributed by atoms with Crippen molar-refractivity contribution in [3.8, 4) is 0 Å². The first-order valence-corrected chi connectivity index (χ1v) is 6.25. The number of hydrogen-bond acceptors (Lipinski definition) is 3. The van der Waals surface area contributed by atoms with Crippen LogP contribution in [0, 0.1) is 0 Å². The van der Waals surface area contributed by atoms with E-state index in [0.29, 0.717) is 17.4 Å². The predicted octanol–water partition coefficient (Wildman–Crippen LogP) is 2.70. The molecule has 1 aromatic rings. The number of anilines is 1. The molecule has 1 amide bonds. The minimum Gasteiger partial charge on any atom is -0.370 e. The number of rotatable bonds is 6. The minimum atomic E-state index is -0.219. The first-order valence-electron chi connectivity index (χ1n) is 5.87. The Morgan fingerprint density at radius 3 is 2.82 bits per heavy atom. The summed E-state index contributed by atoms with van der Waals surface area (Å²) in [5, 5.41) is 6.22. The maximum absolute atomic E-state index is 11.8. The quantitative estimate of drug-likeness (QED) is 0.769. The average molecular weight is 256 g/mol. The van der Waals surface area contributed by atoms with Crippen molar-refractivity contribution in [1.29, 1.82) is 0 Å². The van der Waals surface area contributed by atoms with Crippen LogP contribution in [0.5, 0.6) is 0 Å². The van der Waals surface area contributed by atoms with Gasteiger partial charge in [-0.2, -0.15) is 0 Å². The van der Waals surface area contributed by atoms with E-state index in [4.69, 9.17) is 11.6 Å². The molecular weight excluding hydrogens is 238 g/mol. The summed E-state index contributed by atoms with van der Waals surface area (Å²) in [5.74, 6) is 0.445.